The minimum Gasteiger partial charge on any atom is -0.389 e. The van der Waals surface area contributed by atoms with Gasteiger partial charge in [0.05, 0.1) is 6.10 Å². The van der Waals surface area contributed by atoms with E-state index in [4.69, 9.17) is 0 Å². The molecule has 2 atom stereocenters. The Bertz CT molecular complexity index is 138. The van der Waals surface area contributed by atoms with Gasteiger partial charge in [-0.25, -0.2) is 0 Å². The normalized spacial score (nSPS) is 33.7. The van der Waals surface area contributed by atoms with Gasteiger partial charge in [-0.15, -0.1) is 0 Å². The Morgan fingerprint density at radius 3 is 2.90 bits per heavy atom. The Morgan fingerprint density at radius 1 is 1.70 bits per heavy atom. The molecule has 2 unspecified atom stereocenters. The number of hydrogen-bond acceptors (Lipinski definition) is 1. The van der Waals surface area contributed by atoms with Crippen molar-refractivity contribution in [2.24, 2.45) is 5.92 Å². The van der Waals surface area contributed by atoms with E-state index in [1.807, 2.05) is 6.08 Å². The first-order chi connectivity index (χ1) is 4.74. The summed E-state index contributed by atoms with van der Waals surface area (Å²) in [4.78, 5) is 0. The fourth-order valence-corrected chi connectivity index (χ4v) is 1.54. The molecule has 58 valence electrons. The van der Waals surface area contributed by atoms with E-state index in [1.54, 1.807) is 0 Å². The monoisotopic (exact) mass is 140 g/mol. The van der Waals surface area contributed by atoms with Gasteiger partial charge in [-0.3, -0.25) is 0 Å². The van der Waals surface area contributed by atoms with Crippen molar-refractivity contribution in [3.8, 4) is 0 Å². The summed E-state index contributed by atoms with van der Waals surface area (Å²) in [5.41, 5.74) is 1.34. The third-order valence-corrected chi connectivity index (χ3v) is 2.37. The number of allylic oxidation sites excluding steroid dienone is 1. The van der Waals surface area contributed by atoms with Crippen LogP contribution in [0.2, 0.25) is 0 Å². The van der Waals surface area contributed by atoms with E-state index in [-0.39, 0.29) is 6.10 Å². The van der Waals surface area contributed by atoms with Gasteiger partial charge >= 0.3 is 0 Å². The molecule has 0 saturated carbocycles. The van der Waals surface area contributed by atoms with Crippen molar-refractivity contribution in [3.63, 3.8) is 0 Å². The van der Waals surface area contributed by atoms with E-state index in [2.05, 4.69) is 13.8 Å². The van der Waals surface area contributed by atoms with Crippen LogP contribution in [0.3, 0.4) is 0 Å². The number of aliphatic hydroxyl groups is 1. The lowest BCUT2D eigenvalue weighted by molar-refractivity contribution is 0.135. The van der Waals surface area contributed by atoms with E-state index in [0.717, 1.165) is 6.42 Å². The second-order valence-electron chi connectivity index (χ2n) is 3.21. The summed E-state index contributed by atoms with van der Waals surface area (Å²) in [7, 11) is 0. The maximum atomic E-state index is 9.46. The maximum absolute atomic E-state index is 9.46. The third kappa shape index (κ3) is 1.60. The van der Waals surface area contributed by atoms with Gasteiger partial charge in [-0.05, 0) is 25.7 Å². The molecule has 0 heterocycles. The van der Waals surface area contributed by atoms with Crippen LogP contribution >= 0.6 is 0 Å². The maximum Gasteiger partial charge on any atom is 0.0751 e. The van der Waals surface area contributed by atoms with Gasteiger partial charge in [-0.2, -0.15) is 0 Å². The number of rotatable bonds is 1. The molecule has 0 aliphatic heterocycles. The molecule has 1 aliphatic carbocycles. The summed E-state index contributed by atoms with van der Waals surface area (Å²) in [6, 6.07) is 0. The molecular weight excluding hydrogens is 124 g/mol. The molecule has 10 heavy (non-hydrogen) atoms. The molecule has 1 rings (SSSR count). The Balaban J connectivity index is 2.55. The zero-order valence-corrected chi connectivity index (χ0v) is 6.80. The first-order valence-electron chi connectivity index (χ1n) is 4.09. The lowest BCUT2D eigenvalue weighted by Crippen LogP contribution is -2.21. The van der Waals surface area contributed by atoms with Crippen LogP contribution in [-0.2, 0) is 0 Å². The molecule has 1 N–H and O–H groups in total. The lowest BCUT2D eigenvalue weighted by atomic mass is 9.86. The quantitative estimate of drug-likeness (QED) is 0.553. The first-order valence-corrected chi connectivity index (χ1v) is 4.09. The molecular formula is C9H16O. The third-order valence-electron chi connectivity index (χ3n) is 2.37. The van der Waals surface area contributed by atoms with Crippen molar-refractivity contribution in [1.29, 1.82) is 0 Å². The number of hydrogen-bond donors (Lipinski definition) is 1. The molecule has 0 aromatic rings. The van der Waals surface area contributed by atoms with Gasteiger partial charge in [0.25, 0.3) is 0 Å². The molecule has 0 spiro atoms. The lowest BCUT2D eigenvalue weighted by Gasteiger charge is -2.24. The van der Waals surface area contributed by atoms with Crippen molar-refractivity contribution in [2.45, 2.75) is 39.2 Å². The highest BCUT2D eigenvalue weighted by Gasteiger charge is 2.18. The molecule has 0 saturated heterocycles. The second kappa shape index (κ2) is 3.20. The van der Waals surface area contributed by atoms with Gasteiger partial charge in [0.1, 0.15) is 0 Å². The Morgan fingerprint density at radius 2 is 2.40 bits per heavy atom. The smallest absolute Gasteiger partial charge is 0.0751 e. The molecule has 1 nitrogen and oxygen atoms in total. The Labute approximate surface area is 62.8 Å². The average molecular weight is 140 g/mol. The summed E-state index contributed by atoms with van der Waals surface area (Å²) in [6.45, 7) is 4.23. The van der Waals surface area contributed by atoms with Gasteiger partial charge in [0, 0.05) is 0 Å². The highest BCUT2D eigenvalue weighted by Crippen LogP contribution is 2.25. The van der Waals surface area contributed by atoms with Crippen LogP contribution in [0.25, 0.3) is 0 Å². The average Bonchev–Trinajstić information content (AvgIpc) is 1.88. The van der Waals surface area contributed by atoms with Crippen LogP contribution < -0.4 is 0 Å². The van der Waals surface area contributed by atoms with Crippen molar-refractivity contribution in [1.82, 2.24) is 0 Å². The van der Waals surface area contributed by atoms with Crippen LogP contribution in [-0.4, -0.2) is 11.2 Å². The van der Waals surface area contributed by atoms with Crippen LogP contribution in [0.1, 0.15) is 33.1 Å². The minimum absolute atomic E-state index is 0.168. The summed E-state index contributed by atoms with van der Waals surface area (Å²) in [5.74, 6) is 0.517. The van der Waals surface area contributed by atoms with Crippen molar-refractivity contribution >= 4 is 0 Å². The van der Waals surface area contributed by atoms with Crippen LogP contribution in [0.4, 0.5) is 0 Å². The van der Waals surface area contributed by atoms with E-state index < -0.39 is 0 Å². The highest BCUT2D eigenvalue weighted by molar-refractivity contribution is 5.07. The summed E-state index contributed by atoms with van der Waals surface area (Å²) in [6.07, 6.45) is 5.27. The molecule has 0 amide bonds. The first kappa shape index (κ1) is 7.80. The van der Waals surface area contributed by atoms with E-state index in [9.17, 15) is 5.11 Å². The molecule has 0 aromatic carbocycles. The SMILES string of the molecule is CCC1CCC(C)=CC1O. The van der Waals surface area contributed by atoms with Crippen LogP contribution in [0.15, 0.2) is 11.6 Å². The van der Waals surface area contributed by atoms with Crippen molar-refractivity contribution in [3.05, 3.63) is 11.6 Å². The molecule has 0 radical (unpaired) electrons. The fourth-order valence-electron chi connectivity index (χ4n) is 1.54. The Kier molecular flexibility index (Phi) is 2.50. The predicted molar refractivity (Wildman–Crippen MR) is 42.8 cm³/mol. The second-order valence-corrected chi connectivity index (χ2v) is 3.21. The van der Waals surface area contributed by atoms with E-state index in [0.29, 0.717) is 5.92 Å². The predicted octanol–water partition coefficient (Wildman–Crippen LogP) is 2.11. The summed E-state index contributed by atoms with van der Waals surface area (Å²) in [5, 5.41) is 9.46. The van der Waals surface area contributed by atoms with Gasteiger partial charge in [0.2, 0.25) is 0 Å². The minimum atomic E-state index is -0.168. The van der Waals surface area contributed by atoms with Gasteiger partial charge in [-0.1, -0.05) is 25.0 Å². The van der Waals surface area contributed by atoms with Crippen LogP contribution in [0, 0.1) is 5.92 Å². The fraction of sp³-hybridized carbons (Fsp3) is 0.778. The molecule has 0 bridgehead atoms. The van der Waals surface area contributed by atoms with Gasteiger partial charge in [0.15, 0.2) is 0 Å². The Hall–Kier alpha value is -0.300. The molecule has 1 aliphatic rings. The zero-order valence-electron chi connectivity index (χ0n) is 6.80. The van der Waals surface area contributed by atoms with Gasteiger partial charge < -0.3 is 5.11 Å². The zero-order chi connectivity index (χ0) is 7.56. The molecule has 0 fully saturated rings. The van der Waals surface area contributed by atoms with Crippen LogP contribution in [0.5, 0.6) is 0 Å². The largest absolute Gasteiger partial charge is 0.389 e. The van der Waals surface area contributed by atoms with Crippen molar-refractivity contribution < 1.29 is 5.11 Å². The summed E-state index contributed by atoms with van der Waals surface area (Å²) < 4.78 is 0. The number of aliphatic hydroxyl groups excluding tert-OH is 1. The molecule has 1 heteroatoms. The summed E-state index contributed by atoms with van der Waals surface area (Å²) >= 11 is 0. The highest BCUT2D eigenvalue weighted by atomic mass is 16.3. The van der Waals surface area contributed by atoms with E-state index in [1.165, 1.54) is 18.4 Å². The van der Waals surface area contributed by atoms with E-state index >= 15 is 0 Å². The standard InChI is InChI=1S/C9H16O/c1-3-8-5-4-7(2)6-9(8)10/h6,8-10H,3-5H2,1-2H3. The topological polar surface area (TPSA) is 20.2 Å². The van der Waals surface area contributed by atoms with Crippen molar-refractivity contribution in [2.75, 3.05) is 0 Å². The molecule has 0 aromatic heterocycles.